The maximum Gasteiger partial charge on any atom is 0.206 e. The van der Waals surface area contributed by atoms with E-state index in [1.54, 1.807) is 6.07 Å². The van der Waals surface area contributed by atoms with Crippen LogP contribution in [0.5, 0.6) is 0 Å². The molecule has 1 aromatic heterocycles. The molecule has 0 aliphatic rings. The summed E-state index contributed by atoms with van der Waals surface area (Å²) in [5.41, 5.74) is 0.0322. The Morgan fingerprint density at radius 2 is 2.00 bits per heavy atom. The van der Waals surface area contributed by atoms with E-state index in [0.717, 1.165) is 0 Å². The molecule has 0 aliphatic carbocycles. The van der Waals surface area contributed by atoms with Crippen molar-refractivity contribution in [1.82, 2.24) is 0 Å². The maximum atomic E-state index is 13.5. The Hall–Kier alpha value is -0.230. The van der Waals surface area contributed by atoms with Crippen molar-refractivity contribution in [2.75, 3.05) is 0 Å². The number of ketones is 1. The molecule has 0 atom stereocenters. The molecular weight excluding hydrogens is 394 g/mol. The predicted octanol–water partition coefficient (Wildman–Crippen LogP) is 5.30. The van der Waals surface area contributed by atoms with Crippen LogP contribution in [0.15, 0.2) is 32.5 Å². The van der Waals surface area contributed by atoms with Gasteiger partial charge in [-0.25, -0.2) is 4.39 Å². The average Bonchev–Trinajstić information content (AvgIpc) is 2.62. The van der Waals surface area contributed by atoms with E-state index in [1.165, 1.54) is 29.5 Å². The summed E-state index contributed by atoms with van der Waals surface area (Å²) in [5, 5.41) is 0.453. The molecule has 0 radical (unpaired) electrons. The van der Waals surface area contributed by atoms with Crippen LogP contribution in [-0.4, -0.2) is 5.78 Å². The zero-order chi connectivity index (χ0) is 12.6. The largest absolute Gasteiger partial charge is 0.288 e. The smallest absolute Gasteiger partial charge is 0.206 e. The van der Waals surface area contributed by atoms with Gasteiger partial charge in [-0.05, 0) is 40.2 Å². The van der Waals surface area contributed by atoms with Gasteiger partial charge in [0.2, 0.25) is 5.78 Å². The molecule has 0 spiro atoms. The second kappa shape index (κ2) is 5.18. The van der Waals surface area contributed by atoms with Crippen LogP contribution in [-0.2, 0) is 0 Å². The van der Waals surface area contributed by atoms with Gasteiger partial charge in [0.1, 0.15) is 5.82 Å². The number of hydrogen-bond acceptors (Lipinski definition) is 2. The van der Waals surface area contributed by atoms with Gasteiger partial charge in [-0.15, -0.1) is 11.3 Å². The summed E-state index contributed by atoms with van der Waals surface area (Å²) in [5.74, 6) is -0.916. The number of carbonyl (C=O) groups excluding carboxylic acids is 1. The highest BCUT2D eigenvalue weighted by Gasteiger charge is 2.18. The maximum absolute atomic E-state index is 13.5. The van der Waals surface area contributed by atoms with Crippen molar-refractivity contribution in [1.29, 1.82) is 0 Å². The molecule has 0 aliphatic heterocycles. The highest BCUT2D eigenvalue weighted by molar-refractivity contribution is 9.11. The van der Waals surface area contributed by atoms with Crippen LogP contribution in [0.1, 0.15) is 15.2 Å². The normalized spacial score (nSPS) is 10.6. The molecule has 0 amide bonds. The van der Waals surface area contributed by atoms with Crippen molar-refractivity contribution in [3.05, 3.63) is 53.8 Å². The Bertz CT molecular complexity index is 578. The summed E-state index contributed by atoms with van der Waals surface area (Å²) in [6.45, 7) is 0. The van der Waals surface area contributed by atoms with Crippen LogP contribution in [0.25, 0.3) is 0 Å². The molecule has 2 rings (SSSR count). The molecule has 1 aromatic carbocycles. The second-order valence-electron chi connectivity index (χ2n) is 3.19. The minimum atomic E-state index is -0.543. The van der Waals surface area contributed by atoms with Crippen molar-refractivity contribution in [3.8, 4) is 0 Å². The monoisotopic (exact) mass is 396 g/mol. The van der Waals surface area contributed by atoms with Gasteiger partial charge in [0.25, 0.3) is 0 Å². The van der Waals surface area contributed by atoms with Crippen molar-refractivity contribution >= 4 is 60.6 Å². The molecule has 2 aromatic rings. The third-order valence-electron chi connectivity index (χ3n) is 2.04. The van der Waals surface area contributed by atoms with Crippen LogP contribution < -0.4 is 0 Å². The molecule has 0 unspecified atom stereocenters. The lowest BCUT2D eigenvalue weighted by molar-refractivity contribution is 0.103. The van der Waals surface area contributed by atoms with Crippen molar-refractivity contribution < 1.29 is 9.18 Å². The SMILES string of the molecule is O=C(c1cc(Cl)c(Br)s1)c1cc(Br)ccc1F. The Labute approximate surface area is 123 Å². The summed E-state index contributed by atoms with van der Waals surface area (Å²) in [7, 11) is 0. The minimum Gasteiger partial charge on any atom is -0.288 e. The molecule has 0 bridgehead atoms. The van der Waals surface area contributed by atoms with Gasteiger partial charge in [-0.3, -0.25) is 4.79 Å². The van der Waals surface area contributed by atoms with E-state index in [0.29, 0.717) is 18.2 Å². The third-order valence-corrected chi connectivity index (χ3v) is 5.01. The molecule has 0 fully saturated rings. The fourth-order valence-corrected chi connectivity index (χ4v) is 3.28. The predicted molar refractivity (Wildman–Crippen MR) is 74.6 cm³/mol. The van der Waals surface area contributed by atoms with Crippen molar-refractivity contribution in [3.63, 3.8) is 0 Å². The van der Waals surface area contributed by atoms with Crippen LogP contribution in [0.4, 0.5) is 4.39 Å². The summed E-state index contributed by atoms with van der Waals surface area (Å²) in [4.78, 5) is 12.5. The number of carbonyl (C=O) groups is 1. The van der Waals surface area contributed by atoms with E-state index in [4.69, 9.17) is 11.6 Å². The lowest BCUT2D eigenvalue weighted by Crippen LogP contribution is -2.01. The molecule has 0 saturated heterocycles. The summed E-state index contributed by atoms with van der Waals surface area (Å²) in [6, 6.07) is 5.78. The highest BCUT2D eigenvalue weighted by atomic mass is 79.9. The van der Waals surface area contributed by atoms with Gasteiger partial charge in [-0.2, -0.15) is 0 Å². The lowest BCUT2D eigenvalue weighted by Gasteiger charge is -2.00. The highest BCUT2D eigenvalue weighted by Crippen LogP contribution is 2.33. The zero-order valence-electron chi connectivity index (χ0n) is 8.14. The van der Waals surface area contributed by atoms with E-state index in [1.807, 2.05) is 0 Å². The number of benzene rings is 1. The van der Waals surface area contributed by atoms with Gasteiger partial charge in [-0.1, -0.05) is 27.5 Å². The van der Waals surface area contributed by atoms with Gasteiger partial charge >= 0.3 is 0 Å². The van der Waals surface area contributed by atoms with Gasteiger partial charge in [0.05, 0.1) is 19.2 Å². The fraction of sp³-hybridized carbons (Fsp3) is 0. The van der Waals surface area contributed by atoms with E-state index >= 15 is 0 Å². The Kier molecular flexibility index (Phi) is 4.02. The van der Waals surface area contributed by atoms with Crippen LogP contribution >= 0.6 is 54.8 Å². The van der Waals surface area contributed by atoms with Crippen molar-refractivity contribution in [2.45, 2.75) is 0 Å². The van der Waals surface area contributed by atoms with E-state index < -0.39 is 5.82 Å². The number of thiophene rings is 1. The zero-order valence-corrected chi connectivity index (χ0v) is 12.9. The van der Waals surface area contributed by atoms with Gasteiger partial charge < -0.3 is 0 Å². The number of hydrogen-bond donors (Lipinski definition) is 0. The Balaban J connectivity index is 2.47. The van der Waals surface area contributed by atoms with E-state index in [9.17, 15) is 9.18 Å². The van der Waals surface area contributed by atoms with Gasteiger partial charge in [0, 0.05) is 4.47 Å². The molecule has 6 heteroatoms. The molecule has 17 heavy (non-hydrogen) atoms. The Morgan fingerprint density at radius 1 is 1.29 bits per heavy atom. The first-order valence-electron chi connectivity index (χ1n) is 4.43. The number of halogens is 4. The summed E-state index contributed by atoms with van der Waals surface area (Å²) >= 11 is 13.5. The van der Waals surface area contributed by atoms with Gasteiger partial charge in [0.15, 0.2) is 0 Å². The minimum absolute atomic E-state index is 0.0322. The molecule has 1 heterocycles. The molecule has 88 valence electrons. The first kappa shape index (κ1) is 13.2. The summed E-state index contributed by atoms with van der Waals surface area (Å²) < 4.78 is 14.9. The van der Waals surface area contributed by atoms with E-state index in [-0.39, 0.29) is 11.3 Å². The third kappa shape index (κ3) is 2.78. The van der Waals surface area contributed by atoms with Crippen LogP contribution in [0.2, 0.25) is 5.02 Å². The first-order chi connectivity index (χ1) is 7.99. The fourth-order valence-electron chi connectivity index (χ4n) is 1.26. The molecular formula is C11H4Br2ClFOS. The van der Waals surface area contributed by atoms with Crippen LogP contribution in [0.3, 0.4) is 0 Å². The molecule has 0 saturated carbocycles. The van der Waals surface area contributed by atoms with Crippen molar-refractivity contribution in [2.24, 2.45) is 0 Å². The number of rotatable bonds is 2. The first-order valence-corrected chi connectivity index (χ1v) is 7.21. The molecule has 0 N–H and O–H groups in total. The average molecular weight is 398 g/mol. The van der Waals surface area contributed by atoms with Crippen LogP contribution in [0, 0.1) is 5.82 Å². The standard InChI is InChI=1S/C11H4Br2ClFOS/c12-5-1-2-8(15)6(3-5)10(16)9-4-7(14)11(13)17-9/h1-4H. The lowest BCUT2D eigenvalue weighted by atomic mass is 10.1. The quantitative estimate of drug-likeness (QED) is 0.628. The topological polar surface area (TPSA) is 17.1 Å². The summed E-state index contributed by atoms with van der Waals surface area (Å²) in [6.07, 6.45) is 0. The van der Waals surface area contributed by atoms with E-state index in [2.05, 4.69) is 31.9 Å². The molecule has 1 nitrogen and oxygen atoms in total. The Morgan fingerprint density at radius 3 is 2.59 bits per heavy atom. The second-order valence-corrected chi connectivity index (χ2v) is 6.88.